The lowest BCUT2D eigenvalue weighted by atomic mass is 9.93. The van der Waals surface area contributed by atoms with Crippen molar-refractivity contribution in [3.05, 3.63) is 65.7 Å². The molecule has 0 radical (unpaired) electrons. The maximum atomic E-state index is 12.8. The van der Waals surface area contributed by atoms with Crippen LogP contribution in [0.4, 0.5) is 5.69 Å². The molecular weight excluding hydrogens is 352 g/mol. The summed E-state index contributed by atoms with van der Waals surface area (Å²) in [5.41, 5.74) is 3.31. The molecule has 4 heteroatoms. The van der Waals surface area contributed by atoms with Crippen LogP contribution in [0, 0.1) is 0 Å². The van der Waals surface area contributed by atoms with E-state index >= 15 is 0 Å². The quantitative estimate of drug-likeness (QED) is 0.712. The Morgan fingerprint density at radius 2 is 1.78 bits per heavy atom. The first-order chi connectivity index (χ1) is 13.3. The van der Waals surface area contributed by atoms with Crippen molar-refractivity contribution < 1.29 is 4.79 Å². The lowest BCUT2D eigenvalue weighted by Gasteiger charge is -2.26. The van der Waals surface area contributed by atoms with E-state index in [-0.39, 0.29) is 11.8 Å². The molecule has 1 unspecified atom stereocenters. The zero-order chi connectivity index (χ0) is 18.9. The zero-order valence-electron chi connectivity index (χ0n) is 16.2. The van der Waals surface area contributed by atoms with Crippen LogP contribution in [0.3, 0.4) is 0 Å². The molecule has 0 bridgehead atoms. The number of thioether (sulfide) groups is 1. The van der Waals surface area contributed by atoms with Crippen LogP contribution in [-0.4, -0.2) is 41.9 Å². The van der Waals surface area contributed by atoms with Crippen molar-refractivity contribution in [3.63, 3.8) is 0 Å². The van der Waals surface area contributed by atoms with E-state index in [2.05, 4.69) is 41.0 Å². The van der Waals surface area contributed by atoms with Crippen LogP contribution in [0.5, 0.6) is 0 Å². The maximum Gasteiger partial charge on any atom is 0.231 e. The van der Waals surface area contributed by atoms with Crippen LogP contribution in [0.25, 0.3) is 0 Å². The standard InChI is InChI=1S/C23H30N2OS/c1-2-6-22(20-7-4-3-5-8-20)23(26)24-21-11-9-19(10-12-21)13-14-25-15-17-27-18-16-25/h3-5,7-12,22H,2,6,13-18H2,1H3,(H,24,26). The molecule has 144 valence electrons. The van der Waals surface area contributed by atoms with Crippen molar-refractivity contribution in [2.24, 2.45) is 0 Å². The Hall–Kier alpha value is -1.78. The highest BCUT2D eigenvalue weighted by atomic mass is 32.2. The molecule has 0 aromatic heterocycles. The van der Waals surface area contributed by atoms with Gasteiger partial charge in [-0.15, -0.1) is 0 Å². The predicted molar refractivity (Wildman–Crippen MR) is 117 cm³/mol. The monoisotopic (exact) mass is 382 g/mol. The van der Waals surface area contributed by atoms with Crippen molar-refractivity contribution in [3.8, 4) is 0 Å². The second kappa shape index (κ2) is 10.5. The van der Waals surface area contributed by atoms with Gasteiger partial charge in [0.05, 0.1) is 5.92 Å². The molecule has 1 fully saturated rings. The third kappa shape index (κ3) is 6.12. The number of hydrogen-bond acceptors (Lipinski definition) is 3. The molecule has 3 nitrogen and oxygen atoms in total. The van der Waals surface area contributed by atoms with Crippen molar-refractivity contribution in [1.82, 2.24) is 4.90 Å². The number of carbonyl (C=O) groups is 1. The number of rotatable bonds is 8. The fraction of sp³-hybridized carbons (Fsp3) is 0.435. The Bertz CT molecular complexity index is 696. The first-order valence-electron chi connectivity index (χ1n) is 10.0. The van der Waals surface area contributed by atoms with E-state index in [1.165, 1.54) is 30.2 Å². The number of carbonyl (C=O) groups excluding carboxylic acids is 1. The summed E-state index contributed by atoms with van der Waals surface area (Å²) >= 11 is 2.05. The molecule has 1 heterocycles. The van der Waals surface area contributed by atoms with Crippen LogP contribution in [0.2, 0.25) is 0 Å². The fourth-order valence-corrected chi connectivity index (χ4v) is 4.50. The molecule has 1 amide bonds. The number of benzene rings is 2. The fourth-order valence-electron chi connectivity index (χ4n) is 3.52. The van der Waals surface area contributed by atoms with Crippen LogP contribution in [-0.2, 0) is 11.2 Å². The van der Waals surface area contributed by atoms with E-state index in [9.17, 15) is 4.79 Å². The van der Waals surface area contributed by atoms with Gasteiger partial charge in [-0.25, -0.2) is 0 Å². The van der Waals surface area contributed by atoms with Gasteiger partial charge in [0.15, 0.2) is 0 Å². The SMILES string of the molecule is CCCC(C(=O)Nc1ccc(CCN2CCSCC2)cc1)c1ccccc1. The van der Waals surface area contributed by atoms with Crippen molar-refractivity contribution in [2.45, 2.75) is 32.1 Å². The number of amides is 1. The molecule has 1 saturated heterocycles. The number of nitrogens with one attached hydrogen (secondary N) is 1. The summed E-state index contributed by atoms with van der Waals surface area (Å²) in [6.45, 7) is 5.66. The Morgan fingerprint density at radius 3 is 2.44 bits per heavy atom. The molecule has 0 spiro atoms. The van der Waals surface area contributed by atoms with Gasteiger partial charge in [-0.3, -0.25) is 4.79 Å². The van der Waals surface area contributed by atoms with E-state index in [1.807, 2.05) is 42.5 Å². The van der Waals surface area contributed by atoms with Gasteiger partial charge in [0, 0.05) is 36.8 Å². The molecule has 1 atom stereocenters. The molecule has 0 saturated carbocycles. The summed E-state index contributed by atoms with van der Waals surface area (Å²) < 4.78 is 0. The highest BCUT2D eigenvalue weighted by Crippen LogP contribution is 2.23. The maximum absolute atomic E-state index is 12.8. The molecule has 0 aliphatic carbocycles. The van der Waals surface area contributed by atoms with Gasteiger partial charge in [-0.2, -0.15) is 11.8 Å². The van der Waals surface area contributed by atoms with E-state index in [0.717, 1.165) is 37.1 Å². The summed E-state index contributed by atoms with van der Waals surface area (Å²) in [7, 11) is 0. The van der Waals surface area contributed by atoms with E-state index < -0.39 is 0 Å². The summed E-state index contributed by atoms with van der Waals surface area (Å²) in [5.74, 6) is 2.51. The molecule has 1 aliphatic heterocycles. The second-order valence-electron chi connectivity index (χ2n) is 7.14. The first kappa shape index (κ1) is 20.0. The average molecular weight is 383 g/mol. The van der Waals surface area contributed by atoms with Gasteiger partial charge in [0.2, 0.25) is 5.91 Å². The van der Waals surface area contributed by atoms with E-state index in [1.54, 1.807) is 0 Å². The van der Waals surface area contributed by atoms with Gasteiger partial charge >= 0.3 is 0 Å². The molecular formula is C23H30N2OS. The van der Waals surface area contributed by atoms with Crippen LogP contribution >= 0.6 is 11.8 Å². The molecule has 2 aromatic rings. The predicted octanol–water partition coefficient (Wildman–Crippen LogP) is 4.80. The molecule has 1 N–H and O–H groups in total. The Balaban J connectivity index is 1.55. The van der Waals surface area contributed by atoms with E-state index in [0.29, 0.717) is 0 Å². The topological polar surface area (TPSA) is 32.3 Å². The second-order valence-corrected chi connectivity index (χ2v) is 8.37. The minimum absolute atomic E-state index is 0.0848. The lowest BCUT2D eigenvalue weighted by molar-refractivity contribution is -0.117. The van der Waals surface area contributed by atoms with Gasteiger partial charge < -0.3 is 10.2 Å². The summed E-state index contributed by atoms with van der Waals surface area (Å²) in [6, 6.07) is 18.4. The van der Waals surface area contributed by atoms with E-state index in [4.69, 9.17) is 0 Å². The smallest absolute Gasteiger partial charge is 0.231 e. The van der Waals surface area contributed by atoms with Crippen molar-refractivity contribution in [2.75, 3.05) is 36.5 Å². The van der Waals surface area contributed by atoms with Crippen LogP contribution in [0.1, 0.15) is 36.8 Å². The van der Waals surface area contributed by atoms with Gasteiger partial charge in [-0.1, -0.05) is 55.8 Å². The van der Waals surface area contributed by atoms with Gasteiger partial charge in [0.25, 0.3) is 0 Å². The highest BCUT2D eigenvalue weighted by molar-refractivity contribution is 7.99. The minimum Gasteiger partial charge on any atom is -0.326 e. The molecule has 2 aromatic carbocycles. The first-order valence-corrected chi connectivity index (χ1v) is 11.2. The lowest BCUT2D eigenvalue weighted by Crippen LogP contribution is -2.34. The highest BCUT2D eigenvalue weighted by Gasteiger charge is 2.19. The summed E-state index contributed by atoms with van der Waals surface area (Å²) in [4.78, 5) is 15.3. The van der Waals surface area contributed by atoms with Gasteiger partial charge in [0.1, 0.15) is 0 Å². The zero-order valence-corrected chi connectivity index (χ0v) is 17.0. The molecule has 1 aliphatic rings. The number of nitrogens with zero attached hydrogens (tertiary/aromatic N) is 1. The Labute approximate surface area is 167 Å². The molecule has 27 heavy (non-hydrogen) atoms. The normalized spacial score (nSPS) is 16.0. The van der Waals surface area contributed by atoms with Crippen molar-refractivity contribution >= 4 is 23.4 Å². The van der Waals surface area contributed by atoms with Crippen LogP contribution < -0.4 is 5.32 Å². The minimum atomic E-state index is -0.0900. The Morgan fingerprint density at radius 1 is 1.07 bits per heavy atom. The third-order valence-electron chi connectivity index (χ3n) is 5.14. The number of anilines is 1. The van der Waals surface area contributed by atoms with Gasteiger partial charge in [-0.05, 0) is 36.1 Å². The molecule has 3 rings (SSSR count). The largest absolute Gasteiger partial charge is 0.326 e. The van der Waals surface area contributed by atoms with Crippen molar-refractivity contribution in [1.29, 1.82) is 0 Å². The average Bonchev–Trinajstić information content (AvgIpc) is 2.73. The summed E-state index contributed by atoms with van der Waals surface area (Å²) in [5, 5.41) is 3.11. The summed E-state index contributed by atoms with van der Waals surface area (Å²) in [6.07, 6.45) is 2.92. The number of hydrogen-bond donors (Lipinski definition) is 1. The Kier molecular flexibility index (Phi) is 7.79. The third-order valence-corrected chi connectivity index (χ3v) is 6.08. The van der Waals surface area contributed by atoms with Crippen LogP contribution in [0.15, 0.2) is 54.6 Å².